The van der Waals surface area contributed by atoms with E-state index in [1.807, 2.05) is 0 Å². The van der Waals surface area contributed by atoms with E-state index < -0.39 is 40.5 Å². The molecule has 0 bridgehead atoms. The average Bonchev–Trinajstić information content (AvgIpc) is 2.34. The zero-order valence-corrected chi connectivity index (χ0v) is 12.5. The highest BCUT2D eigenvalue weighted by molar-refractivity contribution is 7.87. The fraction of sp³-hybridized carbons (Fsp3) is 0.727. The molecule has 1 aliphatic rings. The van der Waals surface area contributed by atoms with E-state index >= 15 is 0 Å². The maximum atomic E-state index is 14.4. The monoisotopic (exact) mass is 349 g/mol. The van der Waals surface area contributed by atoms with E-state index in [0.717, 1.165) is 4.90 Å². The average molecular weight is 349 g/mol. The molecule has 1 fully saturated rings. The van der Waals surface area contributed by atoms with Crippen LogP contribution in [0.25, 0.3) is 0 Å². The molecule has 0 spiro atoms. The zero-order valence-electron chi connectivity index (χ0n) is 11.7. The van der Waals surface area contributed by atoms with Crippen molar-refractivity contribution in [2.75, 3.05) is 19.7 Å². The van der Waals surface area contributed by atoms with Crippen molar-refractivity contribution in [3.8, 4) is 0 Å². The van der Waals surface area contributed by atoms with Gasteiger partial charge >= 0.3 is 21.7 Å². The number of alkyl halides is 4. The van der Waals surface area contributed by atoms with Gasteiger partial charge in [0.05, 0.1) is 12.3 Å². The summed E-state index contributed by atoms with van der Waals surface area (Å²) in [6, 6.07) is 0. The number of rotatable bonds is 4. The fourth-order valence-corrected chi connectivity index (χ4v) is 2.32. The number of hydrogen-bond donors (Lipinski definition) is 0. The topological polar surface area (TPSA) is 72.9 Å². The summed E-state index contributed by atoms with van der Waals surface area (Å²) in [6.07, 6.45) is -1.03. The van der Waals surface area contributed by atoms with Crippen LogP contribution < -0.4 is 0 Å². The molecule has 1 saturated heterocycles. The van der Waals surface area contributed by atoms with Gasteiger partial charge in [-0.1, -0.05) is 6.58 Å². The number of halogens is 4. The van der Waals surface area contributed by atoms with E-state index in [4.69, 9.17) is 0 Å². The van der Waals surface area contributed by atoms with Gasteiger partial charge in [-0.25, -0.2) is 9.18 Å². The Balaban J connectivity index is 2.70. The predicted octanol–water partition coefficient (Wildman–Crippen LogP) is 2.33. The van der Waals surface area contributed by atoms with Crippen LogP contribution in [0, 0.1) is 0 Å². The molecule has 0 aromatic carbocycles. The normalized spacial score (nSPS) is 23.2. The van der Waals surface area contributed by atoms with Crippen molar-refractivity contribution in [1.29, 1.82) is 0 Å². The van der Waals surface area contributed by atoms with Crippen molar-refractivity contribution in [2.45, 2.75) is 30.9 Å². The lowest BCUT2D eigenvalue weighted by Gasteiger charge is -2.36. The van der Waals surface area contributed by atoms with Gasteiger partial charge in [-0.15, -0.1) is 0 Å². The van der Waals surface area contributed by atoms with E-state index in [0.29, 0.717) is 0 Å². The number of likely N-dealkylation sites (tertiary alicyclic amines) is 1. The molecule has 1 aliphatic heterocycles. The first-order valence-corrected chi connectivity index (χ1v) is 7.54. The lowest BCUT2D eigenvalue weighted by molar-refractivity contribution is -0.0604. The van der Waals surface area contributed by atoms with Crippen molar-refractivity contribution in [1.82, 2.24) is 4.90 Å². The minimum Gasteiger partial charge on any atom is -0.416 e. The van der Waals surface area contributed by atoms with Crippen molar-refractivity contribution in [3.63, 3.8) is 0 Å². The smallest absolute Gasteiger partial charge is 0.416 e. The van der Waals surface area contributed by atoms with E-state index in [1.54, 1.807) is 0 Å². The quantitative estimate of drug-likeness (QED) is 0.337. The van der Waals surface area contributed by atoms with Gasteiger partial charge in [0.2, 0.25) is 0 Å². The molecule has 0 aromatic heterocycles. The largest absolute Gasteiger partial charge is 0.523 e. The molecule has 1 rings (SSSR count). The number of carbonyl (C=O) groups excluding carboxylic acids is 1. The third kappa shape index (κ3) is 4.83. The van der Waals surface area contributed by atoms with Gasteiger partial charge in [-0.2, -0.15) is 21.6 Å². The van der Waals surface area contributed by atoms with Gasteiger partial charge in [-0.05, 0) is 19.8 Å². The Kier molecular flexibility index (Phi) is 5.44. The second-order valence-corrected chi connectivity index (χ2v) is 6.51. The summed E-state index contributed by atoms with van der Waals surface area (Å²) in [5.41, 5.74) is -8.04. The number of ether oxygens (including phenoxy) is 1. The SMILES string of the molecule is C=C(C)OC(=O)N1CCC[C@@](F)(COS(=O)(=O)C(F)(F)F)C1. The van der Waals surface area contributed by atoms with Crippen LogP contribution in [0.4, 0.5) is 22.4 Å². The molecule has 1 heterocycles. The first kappa shape index (κ1) is 18.7. The summed E-state index contributed by atoms with van der Waals surface area (Å²) in [7, 11) is -5.88. The van der Waals surface area contributed by atoms with Gasteiger partial charge in [0, 0.05) is 6.54 Å². The highest BCUT2D eigenvalue weighted by Gasteiger charge is 2.49. The highest BCUT2D eigenvalue weighted by Crippen LogP contribution is 2.30. The fourth-order valence-electron chi connectivity index (χ4n) is 1.82. The molecule has 0 saturated carbocycles. The van der Waals surface area contributed by atoms with Crippen LogP contribution in [0.2, 0.25) is 0 Å². The standard InChI is InChI=1S/C11H15F4NO5S/c1-8(2)21-9(17)16-5-3-4-10(12,6-16)7-20-22(18,19)11(13,14)15/h1,3-7H2,2H3/t10-/m0/s1. The molecule has 6 nitrogen and oxygen atoms in total. The number of allylic oxidation sites excluding steroid dienone is 1. The second-order valence-electron chi connectivity index (χ2n) is 4.91. The molecular formula is C11H15F4NO5S. The molecule has 0 unspecified atom stereocenters. The van der Waals surface area contributed by atoms with Crippen LogP contribution in [0.3, 0.4) is 0 Å². The van der Waals surface area contributed by atoms with Crippen molar-refractivity contribution in [2.24, 2.45) is 0 Å². The molecule has 11 heteroatoms. The lowest BCUT2D eigenvalue weighted by atomic mass is 9.96. The van der Waals surface area contributed by atoms with Gasteiger partial charge < -0.3 is 9.64 Å². The summed E-state index contributed by atoms with van der Waals surface area (Å²) in [4.78, 5) is 12.5. The molecule has 0 radical (unpaired) electrons. The molecule has 0 aromatic rings. The Morgan fingerprint density at radius 1 is 1.41 bits per heavy atom. The number of piperidine rings is 1. The van der Waals surface area contributed by atoms with E-state index in [-0.39, 0.29) is 25.1 Å². The second kappa shape index (κ2) is 6.41. The van der Waals surface area contributed by atoms with Gasteiger partial charge in [0.1, 0.15) is 6.61 Å². The summed E-state index contributed by atoms with van der Waals surface area (Å²) >= 11 is 0. The molecule has 128 valence electrons. The number of nitrogens with zero attached hydrogens (tertiary/aromatic N) is 1. The first-order valence-electron chi connectivity index (χ1n) is 6.13. The van der Waals surface area contributed by atoms with Crippen LogP contribution in [0.1, 0.15) is 19.8 Å². The molecule has 0 N–H and O–H groups in total. The van der Waals surface area contributed by atoms with Crippen LogP contribution in [0.15, 0.2) is 12.3 Å². The molecule has 0 aliphatic carbocycles. The summed E-state index contributed by atoms with van der Waals surface area (Å²) < 4.78 is 80.7. The Morgan fingerprint density at radius 2 is 2.00 bits per heavy atom. The number of carbonyl (C=O) groups is 1. The molecule has 22 heavy (non-hydrogen) atoms. The Labute approximate surface area is 124 Å². The zero-order chi connectivity index (χ0) is 17.2. The van der Waals surface area contributed by atoms with Crippen molar-refractivity contribution >= 4 is 16.2 Å². The minimum absolute atomic E-state index is 0.0657. The van der Waals surface area contributed by atoms with Crippen LogP contribution >= 0.6 is 0 Å². The Hall–Kier alpha value is -1.36. The first-order chi connectivity index (χ1) is 9.86. The van der Waals surface area contributed by atoms with Crippen molar-refractivity contribution < 1.29 is 39.7 Å². The van der Waals surface area contributed by atoms with Crippen molar-refractivity contribution in [3.05, 3.63) is 12.3 Å². The Bertz CT molecular complexity index is 547. The van der Waals surface area contributed by atoms with Crippen LogP contribution in [0.5, 0.6) is 0 Å². The maximum absolute atomic E-state index is 14.4. The third-order valence-electron chi connectivity index (χ3n) is 2.80. The van der Waals surface area contributed by atoms with Gasteiger partial charge in [0.25, 0.3) is 0 Å². The molecular weight excluding hydrogens is 334 g/mol. The van der Waals surface area contributed by atoms with E-state index in [1.165, 1.54) is 6.92 Å². The van der Waals surface area contributed by atoms with Gasteiger partial charge in [0.15, 0.2) is 5.67 Å². The highest BCUT2D eigenvalue weighted by atomic mass is 32.2. The minimum atomic E-state index is -5.88. The van der Waals surface area contributed by atoms with Crippen LogP contribution in [-0.4, -0.2) is 50.3 Å². The van der Waals surface area contributed by atoms with Crippen LogP contribution in [-0.2, 0) is 19.0 Å². The maximum Gasteiger partial charge on any atom is 0.523 e. The number of amides is 1. The summed E-state index contributed by atoms with van der Waals surface area (Å²) in [5.74, 6) is 0.0657. The Morgan fingerprint density at radius 3 is 2.50 bits per heavy atom. The van der Waals surface area contributed by atoms with E-state index in [9.17, 15) is 30.8 Å². The number of hydrogen-bond acceptors (Lipinski definition) is 5. The third-order valence-corrected chi connectivity index (χ3v) is 3.80. The summed E-state index contributed by atoms with van der Waals surface area (Å²) in [6.45, 7) is 2.89. The predicted molar refractivity (Wildman–Crippen MR) is 66.9 cm³/mol. The molecule has 1 amide bonds. The lowest BCUT2D eigenvalue weighted by Crippen LogP contribution is -2.50. The van der Waals surface area contributed by atoms with Gasteiger partial charge in [-0.3, -0.25) is 4.18 Å². The summed E-state index contributed by atoms with van der Waals surface area (Å²) in [5, 5.41) is 0. The van der Waals surface area contributed by atoms with E-state index in [2.05, 4.69) is 15.5 Å². The molecule has 1 atom stereocenters.